The highest BCUT2D eigenvalue weighted by Gasteiger charge is 2.29. The van der Waals surface area contributed by atoms with Gasteiger partial charge in [0.25, 0.3) is 0 Å². The maximum Gasteiger partial charge on any atom is 0.348 e. The zero-order valence-electron chi connectivity index (χ0n) is 12.0. The fourth-order valence-corrected chi connectivity index (χ4v) is 2.62. The van der Waals surface area contributed by atoms with E-state index in [0.717, 1.165) is 19.4 Å². The molecule has 2 aromatic rings. The fraction of sp³-hybridized carbons (Fsp3) is 0.467. The summed E-state index contributed by atoms with van der Waals surface area (Å²) >= 11 is 0. The number of nitrogens with zero attached hydrogens (tertiary/aromatic N) is 4. The number of hydrogen-bond acceptors (Lipinski definition) is 5. The smallest absolute Gasteiger partial charge is 0.348 e. The van der Waals surface area contributed by atoms with E-state index in [4.69, 9.17) is 4.74 Å². The Morgan fingerprint density at radius 1 is 1.33 bits per heavy atom. The van der Waals surface area contributed by atoms with Crippen LogP contribution in [0.25, 0.3) is 11.4 Å². The molecular formula is C15H18N4O2. The average Bonchev–Trinajstić information content (AvgIpc) is 2.47. The van der Waals surface area contributed by atoms with E-state index in [9.17, 15) is 4.79 Å². The molecule has 6 nitrogen and oxygen atoms in total. The molecule has 0 aromatic carbocycles. The molecule has 3 rings (SSSR count). The van der Waals surface area contributed by atoms with Crippen LogP contribution < -0.4 is 5.69 Å². The molecule has 0 bridgehead atoms. The zero-order valence-corrected chi connectivity index (χ0v) is 12.0. The lowest BCUT2D eigenvalue weighted by Gasteiger charge is -2.35. The van der Waals surface area contributed by atoms with Gasteiger partial charge < -0.3 is 4.74 Å². The Morgan fingerprint density at radius 3 is 2.86 bits per heavy atom. The summed E-state index contributed by atoms with van der Waals surface area (Å²) in [4.78, 5) is 24.3. The molecule has 1 fully saturated rings. The van der Waals surface area contributed by atoms with E-state index in [0.29, 0.717) is 30.0 Å². The molecule has 1 aliphatic rings. The molecule has 110 valence electrons. The molecule has 0 saturated heterocycles. The van der Waals surface area contributed by atoms with Crippen molar-refractivity contribution in [3.05, 3.63) is 41.3 Å². The van der Waals surface area contributed by atoms with Gasteiger partial charge in [0.15, 0.2) is 0 Å². The lowest BCUT2D eigenvalue weighted by molar-refractivity contribution is -0.0291. The molecule has 2 heterocycles. The van der Waals surface area contributed by atoms with Gasteiger partial charge in [0.2, 0.25) is 0 Å². The summed E-state index contributed by atoms with van der Waals surface area (Å²) in [5, 5.41) is 0. The van der Waals surface area contributed by atoms with Crippen molar-refractivity contribution < 1.29 is 4.74 Å². The summed E-state index contributed by atoms with van der Waals surface area (Å²) in [5.74, 6) is 0.503. The second-order valence-electron chi connectivity index (χ2n) is 5.25. The number of hydrogen-bond donors (Lipinski definition) is 0. The summed E-state index contributed by atoms with van der Waals surface area (Å²) < 4.78 is 7.19. The zero-order chi connectivity index (χ0) is 14.7. The topological polar surface area (TPSA) is 69.9 Å². The average molecular weight is 286 g/mol. The van der Waals surface area contributed by atoms with Crippen LogP contribution >= 0.6 is 0 Å². The first-order chi connectivity index (χ1) is 10.3. The van der Waals surface area contributed by atoms with Crippen molar-refractivity contribution in [1.82, 2.24) is 19.5 Å². The normalized spacial score (nSPS) is 21.0. The Bertz CT molecular complexity index is 650. The third kappa shape index (κ3) is 3.16. The molecule has 1 saturated carbocycles. The highest BCUT2D eigenvalue weighted by molar-refractivity contribution is 5.50. The monoisotopic (exact) mass is 286 g/mol. The molecule has 0 atom stereocenters. The molecule has 21 heavy (non-hydrogen) atoms. The van der Waals surface area contributed by atoms with Crippen molar-refractivity contribution in [3.63, 3.8) is 0 Å². The van der Waals surface area contributed by atoms with Gasteiger partial charge in [0.1, 0.15) is 5.69 Å². The van der Waals surface area contributed by atoms with E-state index in [1.807, 2.05) is 13.0 Å². The van der Waals surface area contributed by atoms with E-state index in [1.165, 1.54) is 0 Å². The van der Waals surface area contributed by atoms with Gasteiger partial charge in [-0.1, -0.05) is 0 Å². The molecule has 1 aliphatic carbocycles. The highest BCUT2D eigenvalue weighted by Crippen LogP contribution is 2.30. The molecular weight excluding hydrogens is 268 g/mol. The molecule has 2 aromatic heterocycles. The first-order valence-electron chi connectivity index (χ1n) is 7.21. The van der Waals surface area contributed by atoms with Gasteiger partial charge in [-0.05, 0) is 31.7 Å². The van der Waals surface area contributed by atoms with Crippen LogP contribution in [-0.4, -0.2) is 32.2 Å². The molecule has 0 spiro atoms. The summed E-state index contributed by atoms with van der Waals surface area (Å²) in [6.07, 6.45) is 8.97. The Balaban J connectivity index is 1.67. The van der Waals surface area contributed by atoms with Gasteiger partial charge in [-0.2, -0.15) is 4.98 Å². The van der Waals surface area contributed by atoms with E-state index < -0.39 is 0 Å². The fourth-order valence-electron chi connectivity index (χ4n) is 2.62. The molecule has 6 heteroatoms. The van der Waals surface area contributed by atoms with Gasteiger partial charge in [0, 0.05) is 31.7 Å². The molecule has 0 amide bonds. The summed E-state index contributed by atoms with van der Waals surface area (Å²) in [5.41, 5.74) is 0.935. The third-order valence-electron chi connectivity index (χ3n) is 3.75. The number of aromatic nitrogens is 4. The van der Waals surface area contributed by atoms with E-state index >= 15 is 0 Å². The largest absolute Gasteiger partial charge is 0.378 e. The molecule has 0 unspecified atom stereocenters. The van der Waals surface area contributed by atoms with Crippen LogP contribution in [-0.2, 0) is 11.3 Å². The number of rotatable bonds is 5. The van der Waals surface area contributed by atoms with Crippen molar-refractivity contribution in [1.29, 1.82) is 0 Å². The Hall–Kier alpha value is -2.08. The number of ether oxygens (including phenoxy) is 1. The standard InChI is InChI=1S/C15H18N4O2/c1-2-21-12-7-11(8-12)10-19-6-3-13(18-15(19)20)14-9-16-4-5-17-14/h3-6,9,11-12H,2,7-8,10H2,1H3. The van der Waals surface area contributed by atoms with Crippen molar-refractivity contribution in [2.24, 2.45) is 5.92 Å². The van der Waals surface area contributed by atoms with Gasteiger partial charge in [-0.3, -0.25) is 14.5 Å². The van der Waals surface area contributed by atoms with E-state index in [2.05, 4.69) is 15.0 Å². The van der Waals surface area contributed by atoms with Crippen LogP contribution in [0.3, 0.4) is 0 Å². The predicted molar refractivity (Wildman–Crippen MR) is 77.7 cm³/mol. The van der Waals surface area contributed by atoms with Crippen LogP contribution in [0.1, 0.15) is 19.8 Å². The lowest BCUT2D eigenvalue weighted by Crippen LogP contribution is -2.36. The van der Waals surface area contributed by atoms with Crippen molar-refractivity contribution in [3.8, 4) is 11.4 Å². The highest BCUT2D eigenvalue weighted by atomic mass is 16.5. The van der Waals surface area contributed by atoms with Crippen molar-refractivity contribution in [2.45, 2.75) is 32.4 Å². The quantitative estimate of drug-likeness (QED) is 0.833. The maximum absolute atomic E-state index is 12.1. The molecule has 0 radical (unpaired) electrons. The van der Waals surface area contributed by atoms with Crippen LogP contribution in [0.4, 0.5) is 0 Å². The first-order valence-corrected chi connectivity index (χ1v) is 7.21. The Labute approximate surface area is 122 Å². The minimum absolute atomic E-state index is 0.238. The van der Waals surface area contributed by atoms with Crippen LogP contribution in [0, 0.1) is 5.92 Å². The van der Waals surface area contributed by atoms with Crippen LogP contribution in [0.2, 0.25) is 0 Å². The summed E-state index contributed by atoms with van der Waals surface area (Å²) in [7, 11) is 0. The lowest BCUT2D eigenvalue weighted by atomic mass is 9.82. The SMILES string of the molecule is CCOC1CC(Cn2ccc(-c3cnccn3)nc2=O)C1. The Morgan fingerprint density at radius 2 is 2.19 bits per heavy atom. The summed E-state index contributed by atoms with van der Waals surface area (Å²) in [6, 6.07) is 1.81. The second-order valence-corrected chi connectivity index (χ2v) is 5.25. The van der Waals surface area contributed by atoms with Gasteiger partial charge >= 0.3 is 5.69 Å². The van der Waals surface area contributed by atoms with Crippen LogP contribution in [0.5, 0.6) is 0 Å². The predicted octanol–water partition coefficient (Wildman–Crippen LogP) is 1.52. The summed E-state index contributed by atoms with van der Waals surface area (Å²) in [6.45, 7) is 3.47. The van der Waals surface area contributed by atoms with Crippen molar-refractivity contribution >= 4 is 0 Å². The van der Waals surface area contributed by atoms with Crippen LogP contribution in [0.15, 0.2) is 35.6 Å². The van der Waals surface area contributed by atoms with Gasteiger partial charge in [0.05, 0.1) is 18.0 Å². The van der Waals surface area contributed by atoms with Gasteiger partial charge in [-0.25, -0.2) is 4.79 Å². The minimum atomic E-state index is -0.238. The first kappa shape index (κ1) is 13.9. The van der Waals surface area contributed by atoms with Crippen molar-refractivity contribution in [2.75, 3.05) is 6.61 Å². The third-order valence-corrected chi connectivity index (χ3v) is 3.75. The maximum atomic E-state index is 12.1. The molecule has 0 N–H and O–H groups in total. The minimum Gasteiger partial charge on any atom is -0.378 e. The second kappa shape index (κ2) is 6.13. The van der Waals surface area contributed by atoms with E-state index in [1.54, 1.807) is 29.4 Å². The molecule has 0 aliphatic heterocycles. The van der Waals surface area contributed by atoms with E-state index in [-0.39, 0.29) is 5.69 Å². The Kier molecular flexibility index (Phi) is 4.06. The van der Waals surface area contributed by atoms with Gasteiger partial charge in [-0.15, -0.1) is 0 Å².